The molecule has 1 N–H and O–H groups in total. The zero-order chi connectivity index (χ0) is 22.6. The monoisotopic (exact) mass is 456 g/mol. The van der Waals surface area contributed by atoms with Crippen molar-refractivity contribution in [1.29, 1.82) is 0 Å². The van der Waals surface area contributed by atoms with E-state index in [2.05, 4.69) is 54.3 Å². The van der Waals surface area contributed by atoms with Crippen LogP contribution in [0.3, 0.4) is 0 Å². The summed E-state index contributed by atoms with van der Waals surface area (Å²) >= 11 is 0. The molecule has 8 heteroatoms. The maximum Gasteiger partial charge on any atom is 0.243 e. The van der Waals surface area contributed by atoms with Crippen molar-refractivity contribution in [1.82, 2.24) is 10.4 Å². The van der Waals surface area contributed by atoms with Crippen molar-refractivity contribution >= 4 is 24.3 Å². The van der Waals surface area contributed by atoms with E-state index in [-0.39, 0.29) is 18.3 Å². The molecule has 1 unspecified atom stereocenters. The number of hydrogen-bond donors (Lipinski definition) is 1. The number of halogens is 1. The molecule has 0 heterocycles. The van der Waals surface area contributed by atoms with E-state index in [0.29, 0.717) is 25.4 Å². The van der Waals surface area contributed by atoms with Gasteiger partial charge in [0.2, 0.25) is 5.91 Å². The van der Waals surface area contributed by atoms with Gasteiger partial charge in [-0.15, -0.1) is 12.4 Å². The summed E-state index contributed by atoms with van der Waals surface area (Å²) in [7, 11) is 4.12. The van der Waals surface area contributed by atoms with Crippen LogP contribution in [0.25, 0.3) is 0 Å². The number of aliphatic imine (C=N–C) groups is 2. The Morgan fingerprint density at radius 2 is 1.84 bits per heavy atom. The summed E-state index contributed by atoms with van der Waals surface area (Å²) in [5.41, 5.74) is 3.55. The highest BCUT2D eigenvalue weighted by molar-refractivity contribution is 5.85. The van der Waals surface area contributed by atoms with Crippen LogP contribution in [0.15, 0.2) is 40.3 Å². The smallest absolute Gasteiger partial charge is 0.243 e. The summed E-state index contributed by atoms with van der Waals surface area (Å²) in [6.45, 7) is 11.2. The Bertz CT molecular complexity index is 606. The van der Waals surface area contributed by atoms with Crippen LogP contribution in [0.4, 0.5) is 0 Å². The van der Waals surface area contributed by atoms with E-state index < -0.39 is 6.29 Å². The Kier molecular flexibility index (Phi) is 21.8. The molecule has 0 radical (unpaired) electrons. The van der Waals surface area contributed by atoms with Crippen molar-refractivity contribution < 1.29 is 14.4 Å². The maximum absolute atomic E-state index is 11.6. The molecule has 0 saturated heterocycles. The zero-order valence-electron chi connectivity index (χ0n) is 20.0. The van der Waals surface area contributed by atoms with Gasteiger partial charge < -0.3 is 9.64 Å². The number of hydrogen-bond acceptors (Lipinski definition) is 6. The first-order valence-corrected chi connectivity index (χ1v) is 10.7. The third kappa shape index (κ3) is 22.7. The second kappa shape index (κ2) is 21.5. The second-order valence-electron chi connectivity index (χ2n) is 7.54. The summed E-state index contributed by atoms with van der Waals surface area (Å²) < 4.78 is 5.38. The molecule has 1 aromatic rings. The normalized spacial score (nSPS) is 11.0. The first kappa shape index (κ1) is 31.4. The third-order valence-corrected chi connectivity index (χ3v) is 3.66. The fourth-order valence-electron chi connectivity index (χ4n) is 2.10. The molecule has 0 aromatic heterocycles. The minimum absolute atomic E-state index is 0. The summed E-state index contributed by atoms with van der Waals surface area (Å²) in [6, 6.07) is 12.5. The molecular formula is C23H41ClN4O3. The quantitative estimate of drug-likeness (QED) is 0.208. The predicted octanol–water partition coefficient (Wildman–Crippen LogP) is 4.24. The Labute approximate surface area is 194 Å². The van der Waals surface area contributed by atoms with Gasteiger partial charge in [-0.1, -0.05) is 44.2 Å². The molecule has 0 aliphatic carbocycles. The molecule has 0 spiro atoms. The molecule has 0 aliphatic rings. The predicted molar refractivity (Wildman–Crippen MR) is 130 cm³/mol. The Balaban J connectivity index is 0. The SMILES string of the molecule is CC(C)COC(C)ONC(=O)CCc1ccccc1.CCN=C=NCCCN(C)C.Cl. The van der Waals surface area contributed by atoms with Gasteiger partial charge in [0.25, 0.3) is 0 Å². The molecule has 0 aliphatic heterocycles. The van der Waals surface area contributed by atoms with E-state index in [4.69, 9.17) is 9.57 Å². The Morgan fingerprint density at radius 1 is 1.16 bits per heavy atom. The summed E-state index contributed by atoms with van der Waals surface area (Å²) in [4.78, 5) is 26.7. The highest BCUT2D eigenvalue weighted by Gasteiger charge is 2.07. The van der Waals surface area contributed by atoms with E-state index in [1.165, 1.54) is 0 Å². The van der Waals surface area contributed by atoms with Gasteiger partial charge >= 0.3 is 0 Å². The second-order valence-corrected chi connectivity index (χ2v) is 7.54. The van der Waals surface area contributed by atoms with Gasteiger partial charge in [-0.2, -0.15) is 0 Å². The number of hydroxylamine groups is 1. The summed E-state index contributed by atoms with van der Waals surface area (Å²) in [5.74, 6) is 0.309. The molecule has 31 heavy (non-hydrogen) atoms. The Morgan fingerprint density at radius 3 is 2.42 bits per heavy atom. The van der Waals surface area contributed by atoms with E-state index in [1.807, 2.05) is 37.3 Å². The molecule has 7 nitrogen and oxygen atoms in total. The lowest BCUT2D eigenvalue weighted by molar-refractivity contribution is -0.183. The summed E-state index contributed by atoms with van der Waals surface area (Å²) in [5, 5.41) is 0. The van der Waals surface area contributed by atoms with Crippen LogP contribution >= 0.6 is 12.4 Å². The zero-order valence-corrected chi connectivity index (χ0v) is 20.8. The number of nitrogens with zero attached hydrogens (tertiary/aromatic N) is 3. The highest BCUT2D eigenvalue weighted by atomic mass is 35.5. The Hall–Kier alpha value is -1.76. The molecule has 0 saturated carbocycles. The largest absolute Gasteiger partial charge is 0.350 e. The number of aryl methyl sites for hydroxylation is 1. The first-order valence-electron chi connectivity index (χ1n) is 10.7. The standard InChI is InChI=1S/C15H23NO3.C8H17N3.ClH/c1-12(2)11-18-13(3)19-16-15(17)10-9-14-7-5-4-6-8-14;1-4-9-8-10-6-5-7-11(2)3;/h4-8,12-13H,9-11H2,1-3H3,(H,16,17);4-7H2,1-3H3;1H. The first-order chi connectivity index (χ1) is 14.3. The van der Waals surface area contributed by atoms with Crippen molar-refractivity contribution in [3.63, 3.8) is 0 Å². The molecular weight excluding hydrogens is 416 g/mol. The molecule has 1 aromatic carbocycles. The molecule has 1 atom stereocenters. The van der Waals surface area contributed by atoms with Crippen LogP contribution in [0.5, 0.6) is 0 Å². The highest BCUT2D eigenvalue weighted by Crippen LogP contribution is 2.03. The maximum atomic E-state index is 11.6. The number of ether oxygens (including phenoxy) is 1. The number of carbonyl (C=O) groups excluding carboxylic acids is 1. The molecule has 1 rings (SSSR count). The number of amides is 1. The molecule has 1 amide bonds. The van der Waals surface area contributed by atoms with Gasteiger partial charge in [-0.3, -0.25) is 4.79 Å². The van der Waals surface area contributed by atoms with Crippen LogP contribution in [0, 0.1) is 5.92 Å². The fourth-order valence-corrected chi connectivity index (χ4v) is 2.10. The van der Waals surface area contributed by atoms with E-state index in [9.17, 15) is 4.79 Å². The van der Waals surface area contributed by atoms with E-state index in [0.717, 1.165) is 31.6 Å². The van der Waals surface area contributed by atoms with Crippen LogP contribution in [0.1, 0.15) is 46.1 Å². The lowest BCUT2D eigenvalue weighted by Gasteiger charge is -2.15. The van der Waals surface area contributed by atoms with Crippen molar-refractivity contribution in [2.24, 2.45) is 15.9 Å². The lowest BCUT2D eigenvalue weighted by atomic mass is 10.1. The van der Waals surface area contributed by atoms with Crippen LogP contribution in [-0.4, -0.2) is 63.4 Å². The van der Waals surface area contributed by atoms with Crippen LogP contribution < -0.4 is 5.48 Å². The van der Waals surface area contributed by atoms with Crippen molar-refractivity contribution in [2.45, 2.75) is 53.2 Å². The van der Waals surface area contributed by atoms with Gasteiger partial charge in [-0.05, 0) is 58.8 Å². The molecule has 0 bridgehead atoms. The third-order valence-electron chi connectivity index (χ3n) is 3.66. The fraction of sp³-hybridized carbons (Fsp3) is 0.652. The van der Waals surface area contributed by atoms with Gasteiger partial charge in [0.1, 0.15) is 0 Å². The van der Waals surface area contributed by atoms with E-state index in [1.54, 1.807) is 6.92 Å². The number of nitrogens with one attached hydrogen (secondary N) is 1. The van der Waals surface area contributed by atoms with Gasteiger partial charge in [0, 0.05) is 13.0 Å². The molecule has 178 valence electrons. The number of rotatable bonds is 13. The lowest BCUT2D eigenvalue weighted by Crippen LogP contribution is -2.30. The van der Waals surface area contributed by atoms with Gasteiger partial charge in [0.15, 0.2) is 6.29 Å². The van der Waals surface area contributed by atoms with Gasteiger partial charge in [0.05, 0.1) is 19.2 Å². The topological polar surface area (TPSA) is 75.5 Å². The average Bonchev–Trinajstić information content (AvgIpc) is 2.72. The number of carbonyl (C=O) groups is 1. The van der Waals surface area contributed by atoms with Crippen LogP contribution in [-0.2, 0) is 20.8 Å². The minimum atomic E-state index is -0.428. The van der Waals surface area contributed by atoms with Crippen molar-refractivity contribution in [3.8, 4) is 0 Å². The number of benzene rings is 1. The van der Waals surface area contributed by atoms with Crippen LogP contribution in [0.2, 0.25) is 0 Å². The average molecular weight is 457 g/mol. The van der Waals surface area contributed by atoms with E-state index >= 15 is 0 Å². The van der Waals surface area contributed by atoms with Crippen molar-refractivity contribution in [3.05, 3.63) is 35.9 Å². The molecule has 0 fully saturated rings. The minimum Gasteiger partial charge on any atom is -0.350 e. The van der Waals surface area contributed by atoms with Gasteiger partial charge in [-0.25, -0.2) is 20.3 Å². The van der Waals surface area contributed by atoms with Crippen molar-refractivity contribution in [2.75, 3.05) is 40.3 Å². The summed E-state index contributed by atoms with van der Waals surface area (Å²) in [6.07, 6.45) is 1.76.